The summed E-state index contributed by atoms with van der Waals surface area (Å²) in [5.74, 6) is 0.237. The molecule has 1 saturated carbocycles. The van der Waals surface area contributed by atoms with Crippen LogP contribution in [0.3, 0.4) is 0 Å². The molecular weight excluding hydrogens is 260 g/mol. The van der Waals surface area contributed by atoms with Crippen molar-refractivity contribution in [2.24, 2.45) is 0 Å². The topological polar surface area (TPSA) is 41.1 Å². The summed E-state index contributed by atoms with van der Waals surface area (Å²) in [5, 5.41) is 6.56. The lowest BCUT2D eigenvalue weighted by Crippen LogP contribution is -2.46. The largest absolute Gasteiger partial charge is 0.353 e. The standard InChI is InChI=1S/C15H20N2O.ClH/c18-14(17-13-6-10-16-11-7-13)15(8-9-15)12-4-2-1-3-5-12;/h1-5,13,16H,6-11H2,(H,17,18);1H. The van der Waals surface area contributed by atoms with Crippen LogP contribution < -0.4 is 10.6 Å². The Kier molecular flexibility index (Phi) is 4.48. The van der Waals surface area contributed by atoms with Crippen molar-refractivity contribution in [1.29, 1.82) is 0 Å². The third-order valence-electron chi connectivity index (χ3n) is 4.19. The maximum absolute atomic E-state index is 12.5. The SMILES string of the molecule is Cl.O=C(NC1CCNCC1)C1(c2ccccc2)CC1. The number of rotatable bonds is 3. The molecule has 0 atom stereocenters. The lowest BCUT2D eigenvalue weighted by Gasteiger charge is -2.26. The minimum atomic E-state index is -0.216. The van der Waals surface area contributed by atoms with Gasteiger partial charge < -0.3 is 10.6 Å². The molecule has 0 aromatic heterocycles. The van der Waals surface area contributed by atoms with Crippen molar-refractivity contribution < 1.29 is 4.79 Å². The van der Waals surface area contributed by atoms with E-state index in [1.165, 1.54) is 5.56 Å². The van der Waals surface area contributed by atoms with Gasteiger partial charge in [0.05, 0.1) is 5.41 Å². The van der Waals surface area contributed by atoms with Crippen LogP contribution >= 0.6 is 12.4 Å². The van der Waals surface area contributed by atoms with E-state index in [9.17, 15) is 4.79 Å². The summed E-state index contributed by atoms with van der Waals surface area (Å²) in [6.07, 6.45) is 4.09. The van der Waals surface area contributed by atoms with Crippen molar-refractivity contribution in [3.63, 3.8) is 0 Å². The molecule has 0 spiro atoms. The molecule has 3 rings (SSSR count). The Morgan fingerprint density at radius 1 is 1.16 bits per heavy atom. The van der Waals surface area contributed by atoms with Crippen LogP contribution in [0.1, 0.15) is 31.2 Å². The molecule has 1 saturated heterocycles. The molecule has 2 N–H and O–H groups in total. The Morgan fingerprint density at radius 3 is 2.37 bits per heavy atom. The molecule has 1 aliphatic carbocycles. The minimum absolute atomic E-state index is 0. The van der Waals surface area contributed by atoms with Gasteiger partial charge in [0, 0.05) is 6.04 Å². The lowest BCUT2D eigenvalue weighted by molar-refractivity contribution is -0.124. The number of halogens is 1. The number of benzene rings is 1. The van der Waals surface area contributed by atoms with Crippen molar-refractivity contribution in [3.05, 3.63) is 35.9 Å². The second-order valence-corrected chi connectivity index (χ2v) is 5.45. The Hall–Kier alpha value is -1.06. The van der Waals surface area contributed by atoms with E-state index >= 15 is 0 Å². The number of hydrogen-bond acceptors (Lipinski definition) is 2. The summed E-state index contributed by atoms with van der Waals surface area (Å²) < 4.78 is 0. The average molecular weight is 281 g/mol. The molecule has 1 amide bonds. The third kappa shape index (κ3) is 2.93. The van der Waals surface area contributed by atoms with E-state index in [0.29, 0.717) is 6.04 Å². The molecule has 2 aliphatic rings. The predicted octanol–water partition coefficient (Wildman–Crippen LogP) is 2.01. The van der Waals surface area contributed by atoms with Crippen LogP contribution in [0, 0.1) is 0 Å². The van der Waals surface area contributed by atoms with Crippen molar-refractivity contribution >= 4 is 18.3 Å². The molecular formula is C15H21ClN2O. The molecule has 0 unspecified atom stereocenters. The molecule has 0 bridgehead atoms. The van der Waals surface area contributed by atoms with E-state index in [0.717, 1.165) is 38.8 Å². The molecule has 19 heavy (non-hydrogen) atoms. The number of nitrogens with one attached hydrogen (secondary N) is 2. The number of carbonyl (C=O) groups excluding carboxylic acids is 1. The Labute approximate surface area is 120 Å². The monoisotopic (exact) mass is 280 g/mol. The number of hydrogen-bond donors (Lipinski definition) is 2. The third-order valence-corrected chi connectivity index (χ3v) is 4.19. The zero-order valence-corrected chi connectivity index (χ0v) is 11.8. The maximum Gasteiger partial charge on any atom is 0.230 e. The first-order valence-electron chi connectivity index (χ1n) is 6.88. The van der Waals surface area contributed by atoms with Gasteiger partial charge in [-0.05, 0) is 44.3 Å². The molecule has 3 nitrogen and oxygen atoms in total. The molecule has 1 heterocycles. The number of amides is 1. The van der Waals surface area contributed by atoms with Crippen LogP contribution in [0.5, 0.6) is 0 Å². The summed E-state index contributed by atoms with van der Waals surface area (Å²) in [7, 11) is 0. The summed E-state index contributed by atoms with van der Waals surface area (Å²) >= 11 is 0. The van der Waals surface area contributed by atoms with E-state index in [1.807, 2.05) is 18.2 Å². The summed E-state index contributed by atoms with van der Waals surface area (Å²) in [6.45, 7) is 2.03. The van der Waals surface area contributed by atoms with Gasteiger partial charge in [-0.15, -0.1) is 12.4 Å². The van der Waals surface area contributed by atoms with Gasteiger partial charge in [0.1, 0.15) is 0 Å². The fourth-order valence-corrected chi connectivity index (χ4v) is 2.82. The summed E-state index contributed by atoms with van der Waals surface area (Å²) in [6, 6.07) is 10.6. The highest BCUT2D eigenvalue weighted by Crippen LogP contribution is 2.48. The highest BCUT2D eigenvalue weighted by Gasteiger charge is 2.51. The van der Waals surface area contributed by atoms with Crippen LogP contribution in [0.25, 0.3) is 0 Å². The zero-order chi connectivity index (χ0) is 12.4. The normalized spacial score (nSPS) is 21.3. The highest BCUT2D eigenvalue weighted by molar-refractivity contribution is 5.91. The van der Waals surface area contributed by atoms with Crippen LogP contribution in [0.15, 0.2) is 30.3 Å². The van der Waals surface area contributed by atoms with Crippen molar-refractivity contribution in [1.82, 2.24) is 10.6 Å². The Morgan fingerprint density at radius 2 is 1.79 bits per heavy atom. The maximum atomic E-state index is 12.5. The van der Waals surface area contributed by atoms with Gasteiger partial charge in [-0.2, -0.15) is 0 Å². The van der Waals surface area contributed by atoms with Gasteiger partial charge in [-0.1, -0.05) is 30.3 Å². The first kappa shape index (κ1) is 14.4. The zero-order valence-electron chi connectivity index (χ0n) is 11.0. The van der Waals surface area contributed by atoms with Gasteiger partial charge in [-0.25, -0.2) is 0 Å². The molecule has 4 heteroatoms. The van der Waals surface area contributed by atoms with Gasteiger partial charge in [0.25, 0.3) is 0 Å². The van der Waals surface area contributed by atoms with E-state index in [2.05, 4.69) is 22.8 Å². The van der Waals surface area contributed by atoms with Crippen LogP contribution in [0.2, 0.25) is 0 Å². The van der Waals surface area contributed by atoms with Crippen molar-refractivity contribution in [2.75, 3.05) is 13.1 Å². The van der Waals surface area contributed by atoms with E-state index < -0.39 is 0 Å². The van der Waals surface area contributed by atoms with Gasteiger partial charge >= 0.3 is 0 Å². The fourth-order valence-electron chi connectivity index (χ4n) is 2.82. The summed E-state index contributed by atoms with van der Waals surface area (Å²) in [4.78, 5) is 12.5. The Bertz CT molecular complexity index is 425. The van der Waals surface area contributed by atoms with Gasteiger partial charge in [0.2, 0.25) is 5.91 Å². The second-order valence-electron chi connectivity index (χ2n) is 5.45. The predicted molar refractivity (Wildman–Crippen MR) is 78.6 cm³/mol. The Balaban J connectivity index is 0.00000133. The van der Waals surface area contributed by atoms with E-state index in [1.54, 1.807) is 0 Å². The quantitative estimate of drug-likeness (QED) is 0.889. The fraction of sp³-hybridized carbons (Fsp3) is 0.533. The van der Waals surface area contributed by atoms with Crippen molar-refractivity contribution in [2.45, 2.75) is 37.1 Å². The second kappa shape index (κ2) is 5.93. The smallest absolute Gasteiger partial charge is 0.230 e. The van der Waals surface area contributed by atoms with Crippen LogP contribution in [-0.4, -0.2) is 25.0 Å². The van der Waals surface area contributed by atoms with Crippen LogP contribution in [0.4, 0.5) is 0 Å². The first-order valence-corrected chi connectivity index (χ1v) is 6.88. The molecule has 104 valence electrons. The van der Waals surface area contributed by atoms with Crippen LogP contribution in [-0.2, 0) is 10.2 Å². The van der Waals surface area contributed by atoms with Gasteiger partial charge in [-0.3, -0.25) is 4.79 Å². The molecule has 0 radical (unpaired) electrons. The first-order chi connectivity index (χ1) is 8.81. The lowest BCUT2D eigenvalue weighted by atomic mass is 9.94. The minimum Gasteiger partial charge on any atom is -0.353 e. The molecule has 1 aromatic rings. The highest BCUT2D eigenvalue weighted by atomic mass is 35.5. The van der Waals surface area contributed by atoms with E-state index in [-0.39, 0.29) is 23.7 Å². The summed E-state index contributed by atoms with van der Waals surface area (Å²) in [5.41, 5.74) is 0.961. The molecule has 1 aromatic carbocycles. The molecule has 1 aliphatic heterocycles. The van der Waals surface area contributed by atoms with Gasteiger partial charge in [0.15, 0.2) is 0 Å². The number of carbonyl (C=O) groups is 1. The van der Waals surface area contributed by atoms with Crippen molar-refractivity contribution in [3.8, 4) is 0 Å². The van der Waals surface area contributed by atoms with E-state index in [4.69, 9.17) is 0 Å². The average Bonchev–Trinajstić information content (AvgIpc) is 3.22. The number of piperidine rings is 1. The molecule has 2 fully saturated rings.